The van der Waals surface area contributed by atoms with E-state index in [9.17, 15) is 0 Å². The smallest absolute Gasteiger partial charge is 0.231 e. The van der Waals surface area contributed by atoms with Gasteiger partial charge in [0.2, 0.25) is 11.7 Å². The Morgan fingerprint density at radius 3 is 2.82 bits per heavy atom. The fourth-order valence-electron chi connectivity index (χ4n) is 1.57. The summed E-state index contributed by atoms with van der Waals surface area (Å²) in [5, 5.41) is 5.99. The maximum atomic E-state index is 5.73. The Morgan fingerprint density at radius 2 is 2.29 bits per heavy atom. The summed E-state index contributed by atoms with van der Waals surface area (Å²) < 4.78 is 6.32. The maximum absolute atomic E-state index is 5.73. The molecule has 2 aromatic rings. The van der Waals surface area contributed by atoms with Crippen LogP contribution in [0, 0.1) is 5.92 Å². The topological polar surface area (TPSA) is 64.9 Å². The summed E-state index contributed by atoms with van der Waals surface area (Å²) in [7, 11) is 0. The minimum absolute atomic E-state index is 0.125. The van der Waals surface area contributed by atoms with Gasteiger partial charge in [-0.3, -0.25) is 0 Å². The van der Waals surface area contributed by atoms with Crippen LogP contribution in [0.1, 0.15) is 25.7 Å². The first-order chi connectivity index (χ1) is 8.11. The molecule has 0 bridgehead atoms. The molecule has 0 amide bonds. The molecule has 6 heteroatoms. The van der Waals surface area contributed by atoms with Crippen LogP contribution < -0.4 is 5.73 Å². The Kier molecular flexibility index (Phi) is 3.96. The predicted molar refractivity (Wildman–Crippen MR) is 71.9 cm³/mol. The van der Waals surface area contributed by atoms with Crippen LogP contribution >= 0.6 is 27.3 Å². The highest BCUT2D eigenvalue weighted by molar-refractivity contribution is 9.10. The Bertz CT molecular complexity index is 494. The van der Waals surface area contributed by atoms with Gasteiger partial charge in [-0.15, -0.1) is 11.3 Å². The molecule has 0 saturated heterocycles. The van der Waals surface area contributed by atoms with Crippen LogP contribution in [0.25, 0.3) is 10.7 Å². The van der Waals surface area contributed by atoms with E-state index in [1.807, 2.05) is 11.4 Å². The first-order valence-electron chi connectivity index (χ1n) is 5.40. The number of thiophene rings is 1. The Hall–Kier alpha value is -0.720. The summed E-state index contributed by atoms with van der Waals surface area (Å²) in [6.45, 7) is 4.72. The highest BCUT2D eigenvalue weighted by Gasteiger charge is 2.21. The molecular weight excluding hydrogens is 302 g/mol. The molecule has 0 aliphatic rings. The van der Waals surface area contributed by atoms with E-state index >= 15 is 0 Å². The predicted octanol–water partition coefficient (Wildman–Crippen LogP) is 3.26. The summed E-state index contributed by atoms with van der Waals surface area (Å²) >= 11 is 4.99. The van der Waals surface area contributed by atoms with Crippen LogP contribution in [0.15, 0.2) is 20.4 Å². The van der Waals surface area contributed by atoms with E-state index in [0.717, 1.165) is 9.35 Å². The molecule has 0 radical (unpaired) electrons. The van der Waals surface area contributed by atoms with E-state index in [0.29, 0.717) is 24.2 Å². The first kappa shape index (κ1) is 12.7. The summed E-state index contributed by atoms with van der Waals surface area (Å²) in [5.41, 5.74) is 5.73. The van der Waals surface area contributed by atoms with Crippen molar-refractivity contribution in [1.29, 1.82) is 0 Å². The van der Waals surface area contributed by atoms with Crippen LogP contribution in [-0.2, 0) is 0 Å². The Labute approximate surface area is 112 Å². The molecule has 0 fully saturated rings. The molecule has 17 heavy (non-hydrogen) atoms. The van der Waals surface area contributed by atoms with E-state index in [2.05, 4.69) is 39.9 Å². The van der Waals surface area contributed by atoms with Gasteiger partial charge >= 0.3 is 0 Å². The molecule has 2 aromatic heterocycles. The number of halogens is 1. The van der Waals surface area contributed by atoms with Crippen molar-refractivity contribution < 1.29 is 4.52 Å². The molecule has 2 heterocycles. The van der Waals surface area contributed by atoms with Crippen molar-refractivity contribution in [3.63, 3.8) is 0 Å². The second-order valence-corrected chi connectivity index (χ2v) is 6.00. The van der Waals surface area contributed by atoms with E-state index in [1.165, 1.54) is 0 Å². The summed E-state index contributed by atoms with van der Waals surface area (Å²) in [6, 6.07) is 1.98. The van der Waals surface area contributed by atoms with Crippen LogP contribution in [0.3, 0.4) is 0 Å². The monoisotopic (exact) mass is 315 g/mol. The van der Waals surface area contributed by atoms with Gasteiger partial charge in [-0.05, 0) is 27.9 Å². The van der Waals surface area contributed by atoms with Crippen molar-refractivity contribution in [3.8, 4) is 10.7 Å². The zero-order chi connectivity index (χ0) is 12.4. The highest BCUT2D eigenvalue weighted by Crippen LogP contribution is 2.29. The maximum Gasteiger partial charge on any atom is 0.231 e. The minimum atomic E-state index is 0.125. The molecule has 1 atom stereocenters. The zero-order valence-corrected chi connectivity index (χ0v) is 12.1. The molecule has 4 nitrogen and oxygen atoms in total. The van der Waals surface area contributed by atoms with Crippen LogP contribution in [0.4, 0.5) is 0 Å². The molecular formula is C11H14BrN3OS. The average Bonchev–Trinajstić information content (AvgIpc) is 2.87. The van der Waals surface area contributed by atoms with Crippen LogP contribution in [0.5, 0.6) is 0 Å². The lowest BCUT2D eigenvalue weighted by Crippen LogP contribution is -2.18. The van der Waals surface area contributed by atoms with Gasteiger partial charge in [-0.25, -0.2) is 0 Å². The SMILES string of the molecule is CC(C)C(CN)c1nc(-c2cc(Br)cs2)no1. The van der Waals surface area contributed by atoms with Gasteiger partial charge in [0.05, 0.1) is 10.8 Å². The van der Waals surface area contributed by atoms with Crippen LogP contribution in [-0.4, -0.2) is 16.7 Å². The minimum Gasteiger partial charge on any atom is -0.339 e. The number of aromatic nitrogens is 2. The molecule has 92 valence electrons. The van der Waals surface area contributed by atoms with Crippen LogP contribution in [0.2, 0.25) is 0 Å². The van der Waals surface area contributed by atoms with Crippen molar-refractivity contribution in [2.75, 3.05) is 6.54 Å². The van der Waals surface area contributed by atoms with E-state index in [1.54, 1.807) is 11.3 Å². The fourth-order valence-corrected chi connectivity index (χ4v) is 2.93. The molecule has 0 aromatic carbocycles. The molecule has 0 aliphatic heterocycles. The third-order valence-electron chi connectivity index (χ3n) is 2.61. The Morgan fingerprint density at radius 1 is 1.53 bits per heavy atom. The highest BCUT2D eigenvalue weighted by atomic mass is 79.9. The van der Waals surface area contributed by atoms with Gasteiger partial charge in [0.1, 0.15) is 0 Å². The fraction of sp³-hybridized carbons (Fsp3) is 0.455. The quantitative estimate of drug-likeness (QED) is 0.940. The van der Waals surface area contributed by atoms with Crippen molar-refractivity contribution >= 4 is 27.3 Å². The van der Waals surface area contributed by atoms with Gasteiger partial charge < -0.3 is 10.3 Å². The molecule has 0 saturated carbocycles. The van der Waals surface area contributed by atoms with Crippen molar-refractivity contribution in [2.24, 2.45) is 11.7 Å². The molecule has 2 N–H and O–H groups in total. The lowest BCUT2D eigenvalue weighted by atomic mass is 9.96. The molecule has 0 spiro atoms. The van der Waals surface area contributed by atoms with Gasteiger partial charge in [0.25, 0.3) is 0 Å². The van der Waals surface area contributed by atoms with Gasteiger partial charge in [0.15, 0.2) is 0 Å². The van der Waals surface area contributed by atoms with E-state index < -0.39 is 0 Å². The number of nitrogens with zero attached hydrogens (tertiary/aromatic N) is 2. The zero-order valence-electron chi connectivity index (χ0n) is 9.68. The number of hydrogen-bond acceptors (Lipinski definition) is 5. The van der Waals surface area contributed by atoms with Crippen molar-refractivity contribution in [3.05, 3.63) is 21.8 Å². The van der Waals surface area contributed by atoms with E-state index in [-0.39, 0.29) is 5.92 Å². The van der Waals surface area contributed by atoms with Gasteiger partial charge in [-0.1, -0.05) is 19.0 Å². The molecule has 2 rings (SSSR count). The summed E-state index contributed by atoms with van der Waals surface area (Å²) in [6.07, 6.45) is 0. The van der Waals surface area contributed by atoms with Crippen molar-refractivity contribution in [1.82, 2.24) is 10.1 Å². The van der Waals surface area contributed by atoms with Gasteiger partial charge in [-0.2, -0.15) is 4.98 Å². The third-order valence-corrected chi connectivity index (χ3v) is 4.29. The van der Waals surface area contributed by atoms with Crippen molar-refractivity contribution in [2.45, 2.75) is 19.8 Å². The standard InChI is InChI=1S/C11H14BrN3OS/c1-6(2)8(4-13)11-14-10(15-16-11)9-3-7(12)5-17-9/h3,5-6,8H,4,13H2,1-2H3. The van der Waals surface area contributed by atoms with E-state index in [4.69, 9.17) is 10.3 Å². The summed E-state index contributed by atoms with van der Waals surface area (Å²) in [5.74, 6) is 1.78. The molecule has 0 aliphatic carbocycles. The lowest BCUT2D eigenvalue weighted by Gasteiger charge is -2.13. The Balaban J connectivity index is 2.26. The summed E-state index contributed by atoms with van der Waals surface area (Å²) in [4.78, 5) is 5.41. The van der Waals surface area contributed by atoms with Gasteiger partial charge in [0, 0.05) is 16.4 Å². The molecule has 1 unspecified atom stereocenters. The number of hydrogen-bond donors (Lipinski definition) is 1. The number of rotatable bonds is 4. The largest absolute Gasteiger partial charge is 0.339 e. The second-order valence-electron chi connectivity index (χ2n) is 4.17. The normalized spacial score (nSPS) is 13.2. The first-order valence-corrected chi connectivity index (χ1v) is 7.07. The average molecular weight is 316 g/mol. The second kappa shape index (κ2) is 5.29. The number of nitrogens with two attached hydrogens (primary N) is 1. The third kappa shape index (κ3) is 2.75. The lowest BCUT2D eigenvalue weighted by molar-refractivity contribution is 0.324.